The van der Waals surface area contributed by atoms with E-state index in [0.717, 1.165) is 9.99 Å². The van der Waals surface area contributed by atoms with Crippen LogP contribution in [-0.2, 0) is 0 Å². The van der Waals surface area contributed by atoms with Crippen LogP contribution < -0.4 is 5.73 Å². The lowest BCUT2D eigenvalue weighted by atomic mass is 10.4. The number of pyridine rings is 1. The first-order valence-electron chi connectivity index (χ1n) is 3.03. The molecule has 0 spiro atoms. The van der Waals surface area contributed by atoms with Gasteiger partial charge in [-0.25, -0.2) is 0 Å². The Hall–Kier alpha value is -1.10. The third-order valence-corrected chi connectivity index (χ3v) is 2.09. The number of aromatic amines is 1. The number of nitrogen functional groups attached to an aromatic ring is 1. The van der Waals surface area contributed by atoms with Crippen molar-refractivity contribution in [2.24, 2.45) is 0 Å². The number of hydrogen-bond donors (Lipinski definition) is 2. The van der Waals surface area contributed by atoms with Crippen molar-refractivity contribution < 1.29 is 0 Å². The minimum absolute atomic E-state index is 0.432. The molecule has 2 rings (SSSR count). The largest absolute Gasteiger partial charge is 0.380 e. The molecule has 0 fully saturated rings. The number of nitrogens with two attached hydrogens (primary N) is 1. The van der Waals surface area contributed by atoms with Gasteiger partial charge in [0.15, 0.2) is 5.82 Å². The summed E-state index contributed by atoms with van der Waals surface area (Å²) in [5, 5.41) is 6.59. The van der Waals surface area contributed by atoms with E-state index in [0.29, 0.717) is 11.3 Å². The zero-order valence-corrected chi connectivity index (χ0v) is 7.09. The summed E-state index contributed by atoms with van der Waals surface area (Å²) in [7, 11) is 0. The molecule has 2 aromatic heterocycles. The van der Waals surface area contributed by atoms with Crippen LogP contribution >= 0.6 is 15.9 Å². The van der Waals surface area contributed by atoms with E-state index in [1.807, 2.05) is 6.07 Å². The first-order chi connectivity index (χ1) is 5.29. The highest BCUT2D eigenvalue weighted by Crippen LogP contribution is 2.22. The summed E-state index contributed by atoms with van der Waals surface area (Å²) in [6, 6.07) is 1.83. The fourth-order valence-corrected chi connectivity index (χ4v) is 1.30. The van der Waals surface area contributed by atoms with Crippen molar-refractivity contribution in [1.29, 1.82) is 0 Å². The minimum Gasteiger partial charge on any atom is -0.380 e. The molecule has 4 nitrogen and oxygen atoms in total. The number of nitrogens with one attached hydrogen (secondary N) is 1. The fraction of sp³-hybridized carbons (Fsp3) is 0. The maximum absolute atomic E-state index is 5.52. The maximum atomic E-state index is 5.52. The number of halogens is 1. The monoisotopic (exact) mass is 212 g/mol. The quantitative estimate of drug-likeness (QED) is 0.692. The van der Waals surface area contributed by atoms with Crippen LogP contribution in [0.2, 0.25) is 0 Å². The van der Waals surface area contributed by atoms with Crippen molar-refractivity contribution in [3.8, 4) is 0 Å². The summed E-state index contributed by atoms with van der Waals surface area (Å²) in [4.78, 5) is 4.05. The Labute approximate surface area is 70.9 Å². The number of H-pyrrole nitrogens is 1. The van der Waals surface area contributed by atoms with Crippen molar-refractivity contribution in [2.45, 2.75) is 0 Å². The third-order valence-electron chi connectivity index (χ3n) is 1.43. The molecule has 0 aliphatic carbocycles. The van der Waals surface area contributed by atoms with Crippen molar-refractivity contribution in [3.63, 3.8) is 0 Å². The van der Waals surface area contributed by atoms with Crippen LogP contribution in [0.1, 0.15) is 0 Å². The van der Waals surface area contributed by atoms with Gasteiger partial charge in [-0.3, -0.25) is 10.1 Å². The van der Waals surface area contributed by atoms with Crippen molar-refractivity contribution in [2.75, 3.05) is 5.73 Å². The lowest BCUT2D eigenvalue weighted by Gasteiger charge is -1.89. The van der Waals surface area contributed by atoms with Gasteiger partial charge in [-0.1, -0.05) is 0 Å². The Balaban J connectivity index is 2.94. The van der Waals surface area contributed by atoms with E-state index in [2.05, 4.69) is 31.1 Å². The molecule has 0 amide bonds. The van der Waals surface area contributed by atoms with Crippen molar-refractivity contribution in [3.05, 3.63) is 16.7 Å². The zero-order chi connectivity index (χ0) is 7.84. The van der Waals surface area contributed by atoms with Crippen molar-refractivity contribution in [1.82, 2.24) is 15.2 Å². The van der Waals surface area contributed by atoms with E-state index >= 15 is 0 Å². The summed E-state index contributed by atoms with van der Waals surface area (Å²) in [6.45, 7) is 0. The number of anilines is 1. The normalized spacial score (nSPS) is 10.6. The first kappa shape index (κ1) is 6.60. The lowest BCUT2D eigenvalue weighted by molar-refractivity contribution is 1.12. The Morgan fingerprint density at radius 1 is 1.55 bits per heavy atom. The lowest BCUT2D eigenvalue weighted by Crippen LogP contribution is -1.85. The van der Waals surface area contributed by atoms with Gasteiger partial charge in [0.25, 0.3) is 0 Å². The molecule has 3 N–H and O–H groups in total. The van der Waals surface area contributed by atoms with Crippen LogP contribution in [0.3, 0.4) is 0 Å². The number of aromatic nitrogens is 3. The molecular weight excluding hydrogens is 208 g/mol. The average molecular weight is 213 g/mol. The molecule has 0 atom stereocenters. The second kappa shape index (κ2) is 2.20. The number of hydrogen-bond acceptors (Lipinski definition) is 3. The smallest absolute Gasteiger partial charge is 0.171 e. The zero-order valence-electron chi connectivity index (χ0n) is 5.50. The molecule has 2 aromatic rings. The van der Waals surface area contributed by atoms with Gasteiger partial charge in [0.1, 0.15) is 5.52 Å². The SMILES string of the molecule is Nc1n[nH]c2c(Br)ccnc12. The van der Waals surface area contributed by atoms with Gasteiger partial charge in [-0.05, 0) is 22.0 Å². The van der Waals surface area contributed by atoms with E-state index < -0.39 is 0 Å². The number of fused-ring (bicyclic) bond motifs is 1. The minimum atomic E-state index is 0.432. The van der Waals surface area contributed by atoms with Crippen LogP contribution in [0.15, 0.2) is 16.7 Å². The van der Waals surface area contributed by atoms with Gasteiger partial charge < -0.3 is 5.73 Å². The van der Waals surface area contributed by atoms with Gasteiger partial charge in [-0.2, -0.15) is 5.10 Å². The highest BCUT2D eigenvalue weighted by atomic mass is 79.9. The molecule has 0 radical (unpaired) electrons. The Kier molecular flexibility index (Phi) is 1.32. The van der Waals surface area contributed by atoms with E-state index in [9.17, 15) is 0 Å². The average Bonchev–Trinajstić information content (AvgIpc) is 2.35. The Morgan fingerprint density at radius 3 is 3.09 bits per heavy atom. The number of nitrogens with zero attached hydrogens (tertiary/aromatic N) is 2. The van der Waals surface area contributed by atoms with Crippen molar-refractivity contribution >= 4 is 32.8 Å². The highest BCUT2D eigenvalue weighted by molar-refractivity contribution is 9.10. The molecule has 2 heterocycles. The van der Waals surface area contributed by atoms with Gasteiger partial charge in [-0.15, -0.1) is 0 Å². The summed E-state index contributed by atoms with van der Waals surface area (Å²) >= 11 is 3.34. The molecule has 11 heavy (non-hydrogen) atoms. The second-order valence-electron chi connectivity index (χ2n) is 2.13. The van der Waals surface area contributed by atoms with E-state index in [-0.39, 0.29) is 0 Å². The summed E-state index contributed by atoms with van der Waals surface area (Å²) < 4.78 is 0.923. The molecular formula is C6H5BrN4. The van der Waals surface area contributed by atoms with Crippen LogP contribution in [0.4, 0.5) is 5.82 Å². The topological polar surface area (TPSA) is 67.6 Å². The van der Waals surface area contributed by atoms with Crippen LogP contribution in [0, 0.1) is 0 Å². The molecule has 5 heteroatoms. The summed E-state index contributed by atoms with van der Waals surface area (Å²) in [5.41, 5.74) is 7.07. The molecule has 56 valence electrons. The molecule has 0 saturated carbocycles. The third kappa shape index (κ3) is 0.883. The predicted octanol–water partition coefficient (Wildman–Crippen LogP) is 1.30. The molecule has 0 aliphatic heterocycles. The standard InChI is InChI=1S/C6H5BrN4/c7-3-1-2-9-5-4(3)10-11-6(5)8/h1-2H,(H3,8,10,11). The molecule has 0 aliphatic rings. The van der Waals surface area contributed by atoms with Gasteiger partial charge in [0, 0.05) is 10.7 Å². The summed E-state index contributed by atoms with van der Waals surface area (Å²) in [5.74, 6) is 0.432. The Morgan fingerprint density at radius 2 is 2.36 bits per heavy atom. The first-order valence-corrected chi connectivity index (χ1v) is 3.82. The number of rotatable bonds is 0. The van der Waals surface area contributed by atoms with Gasteiger partial charge >= 0.3 is 0 Å². The van der Waals surface area contributed by atoms with Gasteiger partial charge in [0.05, 0.1) is 5.52 Å². The summed E-state index contributed by atoms with van der Waals surface area (Å²) in [6.07, 6.45) is 1.68. The van der Waals surface area contributed by atoms with E-state index in [1.165, 1.54) is 0 Å². The molecule has 0 saturated heterocycles. The molecule has 0 aromatic carbocycles. The maximum Gasteiger partial charge on any atom is 0.171 e. The molecule has 0 unspecified atom stereocenters. The van der Waals surface area contributed by atoms with Gasteiger partial charge in [0.2, 0.25) is 0 Å². The fourth-order valence-electron chi connectivity index (χ4n) is 0.908. The predicted molar refractivity (Wildman–Crippen MR) is 46.0 cm³/mol. The van der Waals surface area contributed by atoms with Crippen LogP contribution in [-0.4, -0.2) is 15.2 Å². The van der Waals surface area contributed by atoms with Crippen LogP contribution in [0.25, 0.3) is 11.0 Å². The van der Waals surface area contributed by atoms with E-state index in [4.69, 9.17) is 5.73 Å². The van der Waals surface area contributed by atoms with Crippen LogP contribution in [0.5, 0.6) is 0 Å². The van der Waals surface area contributed by atoms with E-state index in [1.54, 1.807) is 6.20 Å². The second-order valence-corrected chi connectivity index (χ2v) is 2.98. The molecule has 0 bridgehead atoms. The Bertz CT molecular complexity index is 394. The highest BCUT2D eigenvalue weighted by Gasteiger charge is 2.04.